The highest BCUT2D eigenvalue weighted by Gasteiger charge is 2.43. The number of halogens is 2. The van der Waals surface area contributed by atoms with Crippen LogP contribution in [0.4, 0.5) is 8.78 Å². The van der Waals surface area contributed by atoms with Crippen LogP contribution in [0.2, 0.25) is 0 Å². The maximum Gasteiger partial charge on any atom is 0.250 e. The molecule has 2 atom stereocenters. The molecule has 0 aromatic heterocycles. The van der Waals surface area contributed by atoms with Gasteiger partial charge in [-0.05, 0) is 27.3 Å². The van der Waals surface area contributed by atoms with Crippen molar-refractivity contribution in [2.24, 2.45) is 5.92 Å². The maximum atomic E-state index is 13.4. The molecule has 1 fully saturated rings. The number of carbonyl (C=O) groups excluding carboxylic acids is 1. The lowest BCUT2D eigenvalue weighted by Crippen LogP contribution is -2.47. The zero-order valence-corrected chi connectivity index (χ0v) is 10.0. The van der Waals surface area contributed by atoms with Gasteiger partial charge in [-0.2, -0.15) is 0 Å². The van der Waals surface area contributed by atoms with Crippen molar-refractivity contribution in [3.05, 3.63) is 0 Å². The first-order valence-electron chi connectivity index (χ1n) is 5.69. The van der Waals surface area contributed by atoms with Crippen molar-refractivity contribution >= 4 is 5.91 Å². The van der Waals surface area contributed by atoms with Gasteiger partial charge in [0.05, 0.1) is 0 Å². The van der Waals surface area contributed by atoms with E-state index in [0.717, 1.165) is 0 Å². The van der Waals surface area contributed by atoms with Crippen molar-refractivity contribution in [1.29, 1.82) is 0 Å². The third-order valence-electron chi connectivity index (χ3n) is 2.87. The van der Waals surface area contributed by atoms with E-state index in [-0.39, 0.29) is 30.8 Å². The van der Waals surface area contributed by atoms with Crippen LogP contribution in [0.1, 0.15) is 33.1 Å². The summed E-state index contributed by atoms with van der Waals surface area (Å²) in [6.45, 7) is 3.66. The minimum Gasteiger partial charge on any atom is -0.354 e. The molecule has 1 saturated carbocycles. The number of carbonyl (C=O) groups is 1. The lowest BCUT2D eigenvalue weighted by atomic mass is 9.82. The van der Waals surface area contributed by atoms with E-state index in [0.29, 0.717) is 6.42 Å². The summed E-state index contributed by atoms with van der Waals surface area (Å²) in [5.41, 5.74) is 0. The summed E-state index contributed by atoms with van der Waals surface area (Å²) in [5.74, 6) is -3.57. The predicted molar refractivity (Wildman–Crippen MR) is 58.4 cm³/mol. The smallest absolute Gasteiger partial charge is 0.250 e. The molecule has 0 saturated heterocycles. The first kappa shape index (κ1) is 13.4. The SMILES string of the molecule is CNC1CC(C(=O)NC(C)C)CC(F)(F)C1. The summed E-state index contributed by atoms with van der Waals surface area (Å²) in [7, 11) is 1.66. The van der Waals surface area contributed by atoms with E-state index < -0.39 is 11.8 Å². The molecule has 2 N–H and O–H groups in total. The minimum atomic E-state index is -2.73. The molecule has 3 nitrogen and oxygen atoms in total. The Morgan fingerprint density at radius 2 is 2.00 bits per heavy atom. The van der Waals surface area contributed by atoms with Gasteiger partial charge in [0.2, 0.25) is 11.8 Å². The number of amides is 1. The van der Waals surface area contributed by atoms with Crippen LogP contribution in [0.15, 0.2) is 0 Å². The molecule has 2 unspecified atom stereocenters. The topological polar surface area (TPSA) is 41.1 Å². The first-order valence-corrected chi connectivity index (χ1v) is 5.69. The second kappa shape index (κ2) is 5.08. The van der Waals surface area contributed by atoms with E-state index in [1.807, 2.05) is 13.8 Å². The van der Waals surface area contributed by atoms with E-state index in [1.165, 1.54) is 0 Å². The lowest BCUT2D eigenvalue weighted by Gasteiger charge is -2.34. The van der Waals surface area contributed by atoms with E-state index >= 15 is 0 Å². The maximum absolute atomic E-state index is 13.4. The third kappa shape index (κ3) is 3.70. The Morgan fingerprint density at radius 3 is 2.50 bits per heavy atom. The highest BCUT2D eigenvalue weighted by molar-refractivity contribution is 5.79. The summed E-state index contributed by atoms with van der Waals surface area (Å²) in [6, 6.07) is -0.275. The van der Waals surface area contributed by atoms with Crippen molar-refractivity contribution in [3.63, 3.8) is 0 Å². The van der Waals surface area contributed by atoms with Gasteiger partial charge in [0.25, 0.3) is 0 Å². The second-order valence-corrected chi connectivity index (χ2v) is 4.85. The van der Waals surface area contributed by atoms with Gasteiger partial charge >= 0.3 is 0 Å². The molecule has 1 aliphatic rings. The molecule has 0 aromatic rings. The Kier molecular flexibility index (Phi) is 4.24. The molecule has 16 heavy (non-hydrogen) atoms. The van der Waals surface area contributed by atoms with E-state index in [2.05, 4.69) is 10.6 Å². The van der Waals surface area contributed by atoms with Gasteiger partial charge < -0.3 is 10.6 Å². The molecule has 1 aliphatic carbocycles. The quantitative estimate of drug-likeness (QED) is 0.777. The average Bonchev–Trinajstić information content (AvgIpc) is 2.14. The number of hydrogen-bond donors (Lipinski definition) is 2. The molecule has 0 spiro atoms. The fraction of sp³-hybridized carbons (Fsp3) is 0.909. The molecule has 0 aliphatic heterocycles. The van der Waals surface area contributed by atoms with Gasteiger partial charge in [0, 0.05) is 30.8 Å². The van der Waals surface area contributed by atoms with Crippen LogP contribution in [0.3, 0.4) is 0 Å². The fourth-order valence-electron chi connectivity index (χ4n) is 2.14. The van der Waals surface area contributed by atoms with Gasteiger partial charge in [-0.15, -0.1) is 0 Å². The Hall–Kier alpha value is -0.710. The number of hydrogen-bond acceptors (Lipinski definition) is 2. The third-order valence-corrected chi connectivity index (χ3v) is 2.87. The molecule has 1 rings (SSSR count). The lowest BCUT2D eigenvalue weighted by molar-refractivity contribution is -0.134. The van der Waals surface area contributed by atoms with Gasteiger partial charge in [0.1, 0.15) is 0 Å². The molecule has 0 heterocycles. The predicted octanol–water partition coefficient (Wildman–Crippen LogP) is 1.53. The van der Waals surface area contributed by atoms with E-state index in [1.54, 1.807) is 7.05 Å². The zero-order valence-electron chi connectivity index (χ0n) is 10.0. The van der Waals surface area contributed by atoms with Crippen LogP contribution < -0.4 is 10.6 Å². The van der Waals surface area contributed by atoms with Crippen molar-refractivity contribution in [2.45, 2.75) is 51.1 Å². The summed E-state index contributed by atoms with van der Waals surface area (Å²) < 4.78 is 26.7. The normalized spacial score (nSPS) is 29.1. The zero-order chi connectivity index (χ0) is 12.3. The molecule has 1 amide bonds. The highest BCUT2D eigenvalue weighted by atomic mass is 19.3. The van der Waals surface area contributed by atoms with Crippen LogP contribution >= 0.6 is 0 Å². The summed E-state index contributed by atoms with van der Waals surface area (Å²) in [5, 5.41) is 5.53. The Morgan fingerprint density at radius 1 is 1.38 bits per heavy atom. The highest BCUT2D eigenvalue weighted by Crippen LogP contribution is 2.36. The molecule has 94 valence electrons. The van der Waals surface area contributed by atoms with Crippen molar-refractivity contribution < 1.29 is 13.6 Å². The minimum absolute atomic E-state index is 0.00363. The fourth-order valence-corrected chi connectivity index (χ4v) is 2.14. The van der Waals surface area contributed by atoms with Gasteiger partial charge in [-0.1, -0.05) is 0 Å². The molecule has 0 radical (unpaired) electrons. The van der Waals surface area contributed by atoms with Crippen LogP contribution in [0.5, 0.6) is 0 Å². The van der Waals surface area contributed by atoms with Crippen LogP contribution in [0, 0.1) is 5.92 Å². The number of nitrogens with one attached hydrogen (secondary N) is 2. The van der Waals surface area contributed by atoms with Crippen molar-refractivity contribution in [3.8, 4) is 0 Å². The van der Waals surface area contributed by atoms with Crippen molar-refractivity contribution in [2.75, 3.05) is 7.05 Å². The molecule has 5 heteroatoms. The number of rotatable bonds is 3. The summed E-state index contributed by atoms with van der Waals surface area (Å²) >= 11 is 0. The van der Waals surface area contributed by atoms with Gasteiger partial charge in [-0.25, -0.2) is 8.78 Å². The standard InChI is InChI=1S/C11H20F2N2O/c1-7(2)15-10(16)8-4-9(14-3)6-11(12,13)5-8/h7-9,14H,4-6H2,1-3H3,(H,15,16). The van der Waals surface area contributed by atoms with E-state index in [9.17, 15) is 13.6 Å². The van der Waals surface area contributed by atoms with E-state index in [4.69, 9.17) is 0 Å². The van der Waals surface area contributed by atoms with Crippen molar-refractivity contribution in [1.82, 2.24) is 10.6 Å². The Bertz CT molecular complexity index is 256. The second-order valence-electron chi connectivity index (χ2n) is 4.85. The molecule has 0 bridgehead atoms. The summed E-state index contributed by atoms with van der Waals surface area (Å²) in [4.78, 5) is 11.7. The van der Waals surface area contributed by atoms with Crippen LogP contribution in [-0.4, -0.2) is 31.0 Å². The van der Waals surface area contributed by atoms with Gasteiger partial charge in [-0.3, -0.25) is 4.79 Å². The summed E-state index contributed by atoms with van der Waals surface area (Å²) in [6.07, 6.45) is -0.0106. The first-order chi connectivity index (χ1) is 7.34. The van der Waals surface area contributed by atoms with Crippen LogP contribution in [0.25, 0.3) is 0 Å². The molecular formula is C11H20F2N2O. The number of alkyl halides is 2. The van der Waals surface area contributed by atoms with Gasteiger partial charge in [0.15, 0.2) is 0 Å². The molecular weight excluding hydrogens is 214 g/mol. The Balaban J connectivity index is 2.62. The molecule has 0 aromatic carbocycles. The van der Waals surface area contributed by atoms with Crippen LogP contribution in [-0.2, 0) is 4.79 Å². The largest absolute Gasteiger partial charge is 0.354 e. The average molecular weight is 234 g/mol. The Labute approximate surface area is 95.0 Å². The monoisotopic (exact) mass is 234 g/mol.